The van der Waals surface area contributed by atoms with Crippen molar-refractivity contribution in [2.45, 2.75) is 41.0 Å². The molecule has 1 aromatic carbocycles. The van der Waals surface area contributed by atoms with Crippen molar-refractivity contribution >= 4 is 16.5 Å². The Morgan fingerprint density at radius 3 is 2.46 bits per heavy atom. The van der Waals surface area contributed by atoms with Crippen LogP contribution in [0.15, 0.2) is 30.1 Å². The number of aromatic nitrogens is 1. The van der Waals surface area contributed by atoms with Crippen molar-refractivity contribution in [2.75, 3.05) is 20.3 Å². The number of methoxy groups -OCH3 is 1. The molecule has 0 saturated heterocycles. The average Bonchev–Trinajstić information content (AvgIpc) is 2.64. The minimum atomic E-state index is -0.186. The first-order valence-corrected chi connectivity index (χ1v) is 8.60. The van der Waals surface area contributed by atoms with Gasteiger partial charge in [-0.1, -0.05) is 33.8 Å². The van der Waals surface area contributed by atoms with Gasteiger partial charge >= 0.3 is 0 Å². The molecule has 0 fully saturated rings. The summed E-state index contributed by atoms with van der Waals surface area (Å²) < 4.78 is 24.4. The summed E-state index contributed by atoms with van der Waals surface area (Å²) in [5.41, 5.74) is 3.36. The minimum absolute atomic E-state index is 0.0661. The molecule has 1 aliphatic rings. The highest BCUT2D eigenvalue weighted by Crippen LogP contribution is 2.32. The van der Waals surface area contributed by atoms with Crippen molar-refractivity contribution in [1.82, 2.24) is 4.98 Å². The predicted octanol–water partition coefficient (Wildman–Crippen LogP) is 5.71. The molecule has 24 heavy (non-hydrogen) atoms. The molecule has 3 rings (SSSR count). The van der Waals surface area contributed by atoms with E-state index in [-0.39, 0.29) is 12.4 Å². The largest absolute Gasteiger partial charge is 0.496 e. The van der Waals surface area contributed by atoms with Crippen LogP contribution in [0.1, 0.15) is 45.4 Å². The number of benzene rings is 1. The van der Waals surface area contributed by atoms with Gasteiger partial charge in [0.1, 0.15) is 11.6 Å². The Kier molecular flexibility index (Phi) is 8.41. The maximum atomic E-state index is 13.9. The van der Waals surface area contributed by atoms with Crippen LogP contribution in [0.4, 0.5) is 4.39 Å². The van der Waals surface area contributed by atoms with E-state index in [1.165, 1.54) is 0 Å². The normalized spacial score (nSPS) is 13.6. The van der Waals surface area contributed by atoms with Crippen LogP contribution in [0, 0.1) is 6.92 Å². The number of nitrogens with zero attached hydrogens (tertiary/aromatic N) is 1. The molecule has 0 radical (unpaired) electrons. The summed E-state index contributed by atoms with van der Waals surface area (Å²) in [5, 5.41) is 0.905. The second-order valence-corrected chi connectivity index (χ2v) is 4.88. The van der Waals surface area contributed by atoms with Crippen LogP contribution in [0.25, 0.3) is 16.5 Å². The zero-order chi connectivity index (χ0) is 18.1. The molecule has 0 aliphatic carbocycles. The molecule has 3 nitrogen and oxygen atoms in total. The van der Waals surface area contributed by atoms with Crippen LogP contribution < -0.4 is 4.74 Å². The zero-order valence-electron chi connectivity index (χ0n) is 15.6. The van der Waals surface area contributed by atoms with E-state index in [4.69, 9.17) is 9.47 Å². The fourth-order valence-corrected chi connectivity index (χ4v) is 2.54. The molecule has 2 aromatic rings. The topological polar surface area (TPSA) is 31.4 Å². The molecular weight excluding hydrogens is 305 g/mol. The third-order valence-corrected chi connectivity index (χ3v) is 3.52. The van der Waals surface area contributed by atoms with Crippen LogP contribution in [0.5, 0.6) is 5.75 Å². The number of hydrogen-bond acceptors (Lipinski definition) is 3. The van der Waals surface area contributed by atoms with Gasteiger partial charge < -0.3 is 9.47 Å². The van der Waals surface area contributed by atoms with Crippen molar-refractivity contribution < 1.29 is 13.9 Å². The molecule has 0 saturated carbocycles. The maximum absolute atomic E-state index is 13.9. The molecular formula is C20H28FNO2. The number of fused-ring (bicyclic) bond motifs is 1. The van der Waals surface area contributed by atoms with Crippen LogP contribution in [0.3, 0.4) is 0 Å². The highest BCUT2D eigenvalue weighted by Gasteiger charge is 2.16. The third-order valence-electron chi connectivity index (χ3n) is 3.52. The number of hydrogen-bond donors (Lipinski definition) is 0. The Morgan fingerprint density at radius 2 is 1.83 bits per heavy atom. The zero-order valence-corrected chi connectivity index (χ0v) is 15.6. The maximum Gasteiger partial charge on any atom is 0.130 e. The summed E-state index contributed by atoms with van der Waals surface area (Å²) in [6.07, 6.45) is 0.596. The number of ether oxygens (including phenoxy) is 2. The van der Waals surface area contributed by atoms with Gasteiger partial charge in [-0.3, -0.25) is 4.98 Å². The molecule has 1 aromatic heterocycles. The van der Waals surface area contributed by atoms with Crippen LogP contribution in [0.2, 0.25) is 0 Å². The molecule has 0 N–H and O–H groups in total. The second-order valence-electron chi connectivity index (χ2n) is 4.88. The van der Waals surface area contributed by atoms with Gasteiger partial charge in [-0.2, -0.15) is 0 Å². The Bertz CT molecular complexity index is 695. The SMILES string of the molecule is CC.CC.COc1cc(C)nc2ccc(C3=C(F)COCC3)cc12. The van der Waals surface area contributed by atoms with Gasteiger partial charge in [-0.15, -0.1) is 0 Å². The lowest BCUT2D eigenvalue weighted by Gasteiger charge is -2.16. The summed E-state index contributed by atoms with van der Waals surface area (Å²) in [6.45, 7) is 10.6. The highest BCUT2D eigenvalue weighted by molar-refractivity contribution is 5.89. The number of aryl methyl sites for hydroxylation is 1. The summed E-state index contributed by atoms with van der Waals surface area (Å²) >= 11 is 0. The van der Waals surface area contributed by atoms with Gasteiger partial charge in [0.05, 0.1) is 25.8 Å². The van der Waals surface area contributed by atoms with E-state index < -0.39 is 0 Å². The Hall–Kier alpha value is -1.94. The average molecular weight is 333 g/mol. The Balaban J connectivity index is 0.000000671. The summed E-state index contributed by atoms with van der Waals surface area (Å²) in [4.78, 5) is 4.48. The van der Waals surface area contributed by atoms with E-state index >= 15 is 0 Å². The molecule has 1 aliphatic heterocycles. The van der Waals surface area contributed by atoms with Crippen molar-refractivity contribution in [3.8, 4) is 5.75 Å². The summed E-state index contributed by atoms with van der Waals surface area (Å²) in [7, 11) is 1.63. The summed E-state index contributed by atoms with van der Waals surface area (Å²) in [6, 6.07) is 7.66. The molecule has 0 atom stereocenters. The fraction of sp³-hybridized carbons (Fsp3) is 0.450. The van der Waals surface area contributed by atoms with E-state index in [1.54, 1.807) is 7.11 Å². The van der Waals surface area contributed by atoms with Gasteiger partial charge in [0.25, 0.3) is 0 Å². The standard InChI is InChI=1S/C16H16FNO2.2C2H6/c1-10-7-16(19-2)13-8-11(3-4-15(13)18-10)12-5-6-20-9-14(12)17;2*1-2/h3-4,7-8H,5-6,9H2,1-2H3;2*1-2H3. The van der Waals surface area contributed by atoms with Crippen molar-refractivity contribution in [3.63, 3.8) is 0 Å². The van der Waals surface area contributed by atoms with E-state index in [9.17, 15) is 4.39 Å². The van der Waals surface area contributed by atoms with E-state index in [2.05, 4.69) is 4.98 Å². The monoisotopic (exact) mass is 333 g/mol. The second kappa shape index (κ2) is 10.0. The van der Waals surface area contributed by atoms with Crippen LogP contribution in [-0.4, -0.2) is 25.3 Å². The molecule has 4 heteroatoms. The van der Waals surface area contributed by atoms with E-state index in [0.717, 1.165) is 33.5 Å². The van der Waals surface area contributed by atoms with Gasteiger partial charge in [-0.05, 0) is 36.6 Å². The molecule has 0 unspecified atom stereocenters. The van der Waals surface area contributed by atoms with Gasteiger partial charge in [0.15, 0.2) is 0 Å². The minimum Gasteiger partial charge on any atom is -0.496 e. The van der Waals surface area contributed by atoms with Gasteiger partial charge in [0, 0.05) is 17.1 Å². The van der Waals surface area contributed by atoms with Crippen LogP contribution in [-0.2, 0) is 4.74 Å². The molecule has 0 bridgehead atoms. The first-order valence-electron chi connectivity index (χ1n) is 8.60. The van der Waals surface area contributed by atoms with E-state index in [0.29, 0.717) is 13.0 Å². The number of pyridine rings is 1. The molecule has 0 amide bonds. The molecule has 132 valence electrons. The Labute approximate surface area is 144 Å². The van der Waals surface area contributed by atoms with Crippen molar-refractivity contribution in [2.24, 2.45) is 0 Å². The first-order chi connectivity index (χ1) is 11.7. The Morgan fingerprint density at radius 1 is 1.12 bits per heavy atom. The van der Waals surface area contributed by atoms with Crippen molar-refractivity contribution in [3.05, 3.63) is 41.3 Å². The molecule has 0 spiro atoms. The molecule has 2 heterocycles. The van der Waals surface area contributed by atoms with Gasteiger partial charge in [-0.25, -0.2) is 4.39 Å². The lowest BCUT2D eigenvalue weighted by atomic mass is 9.98. The number of rotatable bonds is 2. The predicted molar refractivity (Wildman–Crippen MR) is 99.2 cm³/mol. The van der Waals surface area contributed by atoms with Gasteiger partial charge in [0.2, 0.25) is 0 Å². The smallest absolute Gasteiger partial charge is 0.130 e. The lowest BCUT2D eigenvalue weighted by Crippen LogP contribution is -2.08. The van der Waals surface area contributed by atoms with Crippen molar-refractivity contribution in [1.29, 1.82) is 0 Å². The van der Waals surface area contributed by atoms with E-state index in [1.807, 2.05) is 58.9 Å². The van der Waals surface area contributed by atoms with Crippen LogP contribution >= 0.6 is 0 Å². The highest BCUT2D eigenvalue weighted by atomic mass is 19.1. The summed E-state index contributed by atoms with van der Waals surface area (Å²) in [5.74, 6) is 0.581. The first kappa shape index (κ1) is 20.1. The fourth-order valence-electron chi connectivity index (χ4n) is 2.54. The quantitative estimate of drug-likeness (QED) is 0.706. The number of halogens is 1. The third kappa shape index (κ3) is 4.54. The lowest BCUT2D eigenvalue weighted by molar-refractivity contribution is 0.138.